The number of hydrogen-bond acceptors (Lipinski definition) is 5. The van der Waals surface area contributed by atoms with Crippen molar-refractivity contribution in [1.29, 1.82) is 0 Å². The van der Waals surface area contributed by atoms with Crippen LogP contribution in [0.4, 0.5) is 11.4 Å². The normalized spacial score (nSPS) is 14.2. The molecule has 6 heteroatoms. The van der Waals surface area contributed by atoms with Gasteiger partial charge in [0.15, 0.2) is 0 Å². The van der Waals surface area contributed by atoms with Crippen molar-refractivity contribution in [3.63, 3.8) is 0 Å². The van der Waals surface area contributed by atoms with Crippen LogP contribution in [0.1, 0.15) is 0 Å². The predicted molar refractivity (Wildman–Crippen MR) is 59.9 cm³/mol. The molecule has 0 saturated carbocycles. The zero-order chi connectivity index (χ0) is 11.5. The van der Waals surface area contributed by atoms with E-state index in [-0.39, 0.29) is 5.69 Å². The fraction of sp³-hybridized carbons (Fsp3) is 0.400. The van der Waals surface area contributed by atoms with Crippen molar-refractivity contribution >= 4 is 11.4 Å². The molecule has 2 rings (SSSR count). The number of ether oxygens (including phenoxy) is 1. The van der Waals surface area contributed by atoms with Crippen molar-refractivity contribution in [2.45, 2.75) is 0 Å². The Kier molecular flexibility index (Phi) is 2.91. The summed E-state index contributed by atoms with van der Waals surface area (Å²) in [5.41, 5.74) is 6.43. The Labute approximate surface area is 92.8 Å². The molecule has 2 N–H and O–H groups in total. The van der Waals surface area contributed by atoms with E-state index >= 15 is 0 Å². The number of fused-ring (bicyclic) bond motifs is 1. The third-order valence-electron chi connectivity index (χ3n) is 2.51. The molecular weight excluding hydrogens is 210 g/mol. The third kappa shape index (κ3) is 1.92. The van der Waals surface area contributed by atoms with Gasteiger partial charge in [-0.2, -0.15) is 0 Å². The average molecular weight is 223 g/mol. The lowest BCUT2D eigenvalue weighted by Crippen LogP contribution is -2.36. The number of non-ortho nitro benzene ring substituents is 1. The number of nitrogens with zero attached hydrogens (tertiary/aromatic N) is 2. The van der Waals surface area contributed by atoms with Gasteiger partial charge in [-0.15, -0.1) is 0 Å². The second kappa shape index (κ2) is 4.36. The molecule has 0 spiro atoms. The van der Waals surface area contributed by atoms with Crippen LogP contribution < -0.4 is 15.4 Å². The van der Waals surface area contributed by atoms with Crippen LogP contribution in [0.5, 0.6) is 5.75 Å². The second-order valence-corrected chi connectivity index (χ2v) is 3.53. The first-order valence-electron chi connectivity index (χ1n) is 5.08. The fourth-order valence-corrected chi connectivity index (χ4v) is 1.77. The van der Waals surface area contributed by atoms with Crippen molar-refractivity contribution in [2.75, 3.05) is 31.1 Å². The standard InChI is InChI=1S/C10H13N3O3/c11-3-4-12-5-6-16-10-7-8(13(14)15)1-2-9(10)12/h1-2,7H,3-6,11H2. The van der Waals surface area contributed by atoms with Gasteiger partial charge in [-0.05, 0) is 6.07 Å². The molecule has 16 heavy (non-hydrogen) atoms. The quantitative estimate of drug-likeness (QED) is 0.604. The molecule has 0 unspecified atom stereocenters. The van der Waals surface area contributed by atoms with E-state index in [9.17, 15) is 10.1 Å². The predicted octanol–water partition coefficient (Wildman–Crippen LogP) is 0.752. The topological polar surface area (TPSA) is 81.6 Å². The van der Waals surface area contributed by atoms with E-state index in [0.29, 0.717) is 18.9 Å². The largest absolute Gasteiger partial charge is 0.489 e. The van der Waals surface area contributed by atoms with Crippen LogP contribution in [0.25, 0.3) is 0 Å². The summed E-state index contributed by atoms with van der Waals surface area (Å²) in [6.45, 7) is 2.58. The van der Waals surface area contributed by atoms with Crippen molar-refractivity contribution in [2.24, 2.45) is 5.73 Å². The average Bonchev–Trinajstić information content (AvgIpc) is 2.29. The fourth-order valence-electron chi connectivity index (χ4n) is 1.77. The SMILES string of the molecule is NCCN1CCOc2cc([N+](=O)[O-])ccc21. The Hall–Kier alpha value is -1.82. The van der Waals surface area contributed by atoms with Gasteiger partial charge in [0.2, 0.25) is 0 Å². The monoisotopic (exact) mass is 223 g/mol. The van der Waals surface area contributed by atoms with Crippen molar-refractivity contribution in [3.05, 3.63) is 28.3 Å². The van der Waals surface area contributed by atoms with Crippen LogP contribution in [-0.4, -0.2) is 31.2 Å². The Bertz CT molecular complexity index is 408. The lowest BCUT2D eigenvalue weighted by atomic mass is 10.2. The molecule has 0 radical (unpaired) electrons. The third-order valence-corrected chi connectivity index (χ3v) is 2.51. The number of anilines is 1. The molecule has 1 aliphatic rings. The molecule has 1 aliphatic heterocycles. The summed E-state index contributed by atoms with van der Waals surface area (Å²) in [7, 11) is 0. The molecule has 0 atom stereocenters. The maximum Gasteiger partial charge on any atom is 0.273 e. The summed E-state index contributed by atoms with van der Waals surface area (Å²) >= 11 is 0. The maximum absolute atomic E-state index is 10.6. The van der Waals surface area contributed by atoms with E-state index in [4.69, 9.17) is 10.5 Å². The first-order chi connectivity index (χ1) is 7.72. The maximum atomic E-state index is 10.6. The zero-order valence-electron chi connectivity index (χ0n) is 8.76. The molecule has 0 saturated heterocycles. The number of nitrogens with two attached hydrogens (primary N) is 1. The van der Waals surface area contributed by atoms with Gasteiger partial charge in [0.25, 0.3) is 5.69 Å². The Balaban J connectivity index is 2.32. The molecule has 0 aromatic heterocycles. The number of nitro groups is 1. The summed E-state index contributed by atoms with van der Waals surface area (Å²) in [6.07, 6.45) is 0. The number of hydrogen-bond donors (Lipinski definition) is 1. The molecule has 1 aromatic rings. The summed E-state index contributed by atoms with van der Waals surface area (Å²) in [6, 6.07) is 4.65. The van der Waals surface area contributed by atoms with Crippen molar-refractivity contribution in [3.8, 4) is 5.75 Å². The summed E-state index contributed by atoms with van der Waals surface area (Å²) in [4.78, 5) is 12.3. The van der Waals surface area contributed by atoms with Crippen molar-refractivity contribution < 1.29 is 9.66 Å². The smallest absolute Gasteiger partial charge is 0.273 e. The van der Waals surface area contributed by atoms with E-state index < -0.39 is 4.92 Å². The van der Waals surface area contributed by atoms with Crippen molar-refractivity contribution in [1.82, 2.24) is 0 Å². The minimum absolute atomic E-state index is 0.0494. The van der Waals surface area contributed by atoms with Gasteiger partial charge >= 0.3 is 0 Å². The minimum atomic E-state index is -0.425. The zero-order valence-corrected chi connectivity index (χ0v) is 8.76. The van der Waals surface area contributed by atoms with E-state index in [1.165, 1.54) is 12.1 Å². The minimum Gasteiger partial charge on any atom is -0.489 e. The lowest BCUT2D eigenvalue weighted by Gasteiger charge is -2.30. The highest BCUT2D eigenvalue weighted by molar-refractivity contribution is 5.63. The van der Waals surface area contributed by atoms with Gasteiger partial charge in [0, 0.05) is 19.2 Å². The van der Waals surface area contributed by atoms with Crippen LogP contribution in [0.2, 0.25) is 0 Å². The van der Waals surface area contributed by atoms with Crippen LogP contribution in [-0.2, 0) is 0 Å². The molecule has 0 bridgehead atoms. The summed E-state index contributed by atoms with van der Waals surface area (Å²) in [5.74, 6) is 0.564. The Morgan fingerprint density at radius 2 is 2.38 bits per heavy atom. The molecular formula is C10H13N3O3. The van der Waals surface area contributed by atoms with E-state index in [1.54, 1.807) is 6.07 Å². The molecule has 0 aliphatic carbocycles. The van der Waals surface area contributed by atoms with E-state index in [2.05, 4.69) is 4.90 Å². The van der Waals surface area contributed by atoms with Crippen LogP contribution in [0, 0.1) is 10.1 Å². The number of rotatable bonds is 3. The number of nitro benzene ring substituents is 1. The molecule has 86 valence electrons. The van der Waals surface area contributed by atoms with Gasteiger partial charge in [0.1, 0.15) is 12.4 Å². The van der Waals surface area contributed by atoms with E-state index in [1.807, 2.05) is 0 Å². The van der Waals surface area contributed by atoms with Gasteiger partial charge in [-0.3, -0.25) is 10.1 Å². The Morgan fingerprint density at radius 1 is 1.56 bits per heavy atom. The van der Waals surface area contributed by atoms with Crippen LogP contribution in [0.15, 0.2) is 18.2 Å². The highest BCUT2D eigenvalue weighted by atomic mass is 16.6. The van der Waals surface area contributed by atoms with Gasteiger partial charge < -0.3 is 15.4 Å². The highest BCUT2D eigenvalue weighted by Crippen LogP contribution is 2.34. The second-order valence-electron chi connectivity index (χ2n) is 3.53. The summed E-state index contributed by atoms with van der Waals surface area (Å²) in [5, 5.41) is 10.6. The van der Waals surface area contributed by atoms with Crippen LogP contribution in [0.3, 0.4) is 0 Å². The molecule has 1 heterocycles. The van der Waals surface area contributed by atoms with Gasteiger partial charge in [-0.1, -0.05) is 0 Å². The first kappa shape index (κ1) is 10.7. The van der Waals surface area contributed by atoms with Gasteiger partial charge in [-0.25, -0.2) is 0 Å². The van der Waals surface area contributed by atoms with E-state index in [0.717, 1.165) is 18.8 Å². The first-order valence-corrected chi connectivity index (χ1v) is 5.08. The van der Waals surface area contributed by atoms with Crippen LogP contribution >= 0.6 is 0 Å². The Morgan fingerprint density at radius 3 is 3.06 bits per heavy atom. The molecule has 1 aromatic carbocycles. The molecule has 0 amide bonds. The molecule has 6 nitrogen and oxygen atoms in total. The number of benzene rings is 1. The van der Waals surface area contributed by atoms with Gasteiger partial charge in [0.05, 0.1) is 23.2 Å². The summed E-state index contributed by atoms with van der Waals surface area (Å²) < 4.78 is 5.40. The lowest BCUT2D eigenvalue weighted by molar-refractivity contribution is -0.384. The highest BCUT2D eigenvalue weighted by Gasteiger charge is 2.20. The molecule has 0 fully saturated rings.